The van der Waals surface area contributed by atoms with Crippen LogP contribution in [0.2, 0.25) is 0 Å². The van der Waals surface area contributed by atoms with E-state index in [0.717, 1.165) is 0 Å². The Hall–Kier alpha value is -1.23. The zero-order valence-corrected chi connectivity index (χ0v) is 6.06. The van der Waals surface area contributed by atoms with Crippen molar-refractivity contribution in [2.24, 2.45) is 11.5 Å². The van der Waals surface area contributed by atoms with Crippen LogP contribution in [0.5, 0.6) is 0 Å². The number of nitrogens with one attached hydrogen (secondary N) is 2. The molecule has 0 fully saturated rings. The molecule has 5 nitrogen and oxygen atoms in total. The molecule has 0 aliphatic heterocycles. The number of H-pyrrole nitrogens is 1. The van der Waals surface area contributed by atoms with E-state index in [2.05, 4.69) is 21.4 Å². The molecular formula is C4H10ClN5. The summed E-state index contributed by atoms with van der Waals surface area (Å²) in [5.41, 5.74) is 8.94. The fourth-order valence-electron chi connectivity index (χ4n) is 0.215. The second-order valence-corrected chi connectivity index (χ2v) is 1.22. The first-order valence-corrected chi connectivity index (χ1v) is 2.25. The summed E-state index contributed by atoms with van der Waals surface area (Å²) < 4.78 is 0. The molecule has 0 bridgehead atoms. The molecular weight excluding hydrogens is 154 g/mol. The maximum Gasteiger partial charge on any atom is 0.183 e. The van der Waals surface area contributed by atoms with Gasteiger partial charge in [-0.05, 0) is 0 Å². The van der Waals surface area contributed by atoms with Crippen LogP contribution >= 0.6 is 12.4 Å². The lowest BCUT2D eigenvalue weighted by Gasteiger charge is -1.69. The fraction of sp³-hybridized carbons (Fsp3) is 0. The van der Waals surface area contributed by atoms with Gasteiger partial charge in [0.2, 0.25) is 0 Å². The molecule has 0 amide bonds. The number of halogens is 1. The molecule has 0 saturated carbocycles. The van der Waals surface area contributed by atoms with Crippen LogP contribution in [-0.2, 0) is 0 Å². The normalized spacial score (nSPS) is 6.40. The van der Waals surface area contributed by atoms with Gasteiger partial charge in [-0.1, -0.05) is 0 Å². The number of nitrogens with zero attached hydrogens (tertiary/aromatic N) is 1. The van der Waals surface area contributed by atoms with Crippen LogP contribution in [0.4, 0.5) is 0 Å². The number of rotatable bonds is 0. The number of imidazole rings is 1. The Labute approximate surface area is 64.7 Å². The second kappa shape index (κ2) is 7.77. The van der Waals surface area contributed by atoms with Crippen molar-refractivity contribution in [2.75, 3.05) is 0 Å². The van der Waals surface area contributed by atoms with Gasteiger partial charge >= 0.3 is 0 Å². The lowest BCUT2D eigenvalue weighted by Crippen LogP contribution is -2.20. The lowest BCUT2D eigenvalue weighted by molar-refractivity contribution is 1.31. The predicted molar refractivity (Wildman–Crippen MR) is 41.9 cm³/mol. The van der Waals surface area contributed by atoms with Gasteiger partial charge in [-0.15, -0.1) is 12.4 Å². The summed E-state index contributed by atoms with van der Waals surface area (Å²) >= 11 is 0. The summed E-state index contributed by atoms with van der Waals surface area (Å²) in [5, 5.41) is 6.06. The Balaban J connectivity index is 0. The minimum absolute atomic E-state index is 0. The van der Waals surface area contributed by atoms with Crippen molar-refractivity contribution >= 4 is 18.4 Å². The number of hydrogen-bond donors (Lipinski definition) is 4. The van der Waals surface area contributed by atoms with E-state index in [0.29, 0.717) is 0 Å². The Morgan fingerprint density at radius 1 is 1.50 bits per heavy atom. The van der Waals surface area contributed by atoms with Crippen molar-refractivity contribution in [3.05, 3.63) is 18.7 Å². The molecule has 0 saturated heterocycles. The molecule has 0 aromatic carbocycles. The molecule has 6 heteroatoms. The average Bonchev–Trinajstić information content (AvgIpc) is 2.11. The van der Waals surface area contributed by atoms with Gasteiger partial charge in [0.25, 0.3) is 0 Å². The summed E-state index contributed by atoms with van der Waals surface area (Å²) in [6.07, 6.45) is 5.08. The van der Waals surface area contributed by atoms with Crippen LogP contribution in [0.15, 0.2) is 18.7 Å². The topological polar surface area (TPSA) is 105 Å². The molecule has 0 spiro atoms. The van der Waals surface area contributed by atoms with Crippen LogP contribution < -0.4 is 11.5 Å². The predicted octanol–water partition coefficient (Wildman–Crippen LogP) is -0.330. The Morgan fingerprint density at radius 3 is 2.10 bits per heavy atom. The lowest BCUT2D eigenvalue weighted by atomic mass is 11.0. The number of nitrogens with two attached hydrogens (primary N) is 2. The third-order valence-corrected chi connectivity index (χ3v) is 0.406. The van der Waals surface area contributed by atoms with Crippen LogP contribution in [0.3, 0.4) is 0 Å². The Morgan fingerprint density at radius 2 is 2.00 bits per heavy atom. The highest BCUT2D eigenvalue weighted by atomic mass is 35.5. The maximum atomic E-state index is 6.06. The highest BCUT2D eigenvalue weighted by molar-refractivity contribution is 5.85. The molecule has 6 N–H and O–H groups in total. The van der Waals surface area contributed by atoms with Crippen molar-refractivity contribution in [1.82, 2.24) is 9.97 Å². The molecule has 0 atom stereocenters. The van der Waals surface area contributed by atoms with Gasteiger partial charge in [-0.25, -0.2) is 4.98 Å². The summed E-state index contributed by atoms with van der Waals surface area (Å²) in [6, 6.07) is 0. The van der Waals surface area contributed by atoms with E-state index in [9.17, 15) is 0 Å². The van der Waals surface area contributed by atoms with Crippen LogP contribution in [-0.4, -0.2) is 15.9 Å². The van der Waals surface area contributed by atoms with E-state index in [4.69, 9.17) is 5.41 Å². The summed E-state index contributed by atoms with van der Waals surface area (Å²) in [5.74, 6) is -0.333. The van der Waals surface area contributed by atoms with E-state index in [1.165, 1.54) is 0 Å². The Bertz CT molecular complexity index is 127. The van der Waals surface area contributed by atoms with Crippen LogP contribution in [0, 0.1) is 5.41 Å². The zero-order valence-electron chi connectivity index (χ0n) is 5.24. The summed E-state index contributed by atoms with van der Waals surface area (Å²) in [6.45, 7) is 0. The van der Waals surface area contributed by atoms with Crippen molar-refractivity contribution < 1.29 is 0 Å². The van der Waals surface area contributed by atoms with Gasteiger partial charge in [0, 0.05) is 12.4 Å². The maximum absolute atomic E-state index is 6.06. The quantitative estimate of drug-likeness (QED) is 0.311. The first-order chi connectivity index (χ1) is 4.23. The monoisotopic (exact) mass is 163 g/mol. The van der Waals surface area contributed by atoms with E-state index in [-0.39, 0.29) is 18.4 Å². The van der Waals surface area contributed by atoms with E-state index in [1.807, 2.05) is 0 Å². The smallest absolute Gasteiger partial charge is 0.183 e. The summed E-state index contributed by atoms with van der Waals surface area (Å²) in [7, 11) is 0. The molecule has 0 aliphatic rings. The molecule has 1 heterocycles. The molecule has 1 aromatic heterocycles. The number of guanidine groups is 1. The molecule has 0 radical (unpaired) electrons. The molecule has 0 unspecified atom stereocenters. The van der Waals surface area contributed by atoms with Crippen molar-refractivity contribution in [3.8, 4) is 0 Å². The number of hydrogen-bond acceptors (Lipinski definition) is 2. The first kappa shape index (κ1) is 11.6. The van der Waals surface area contributed by atoms with E-state index < -0.39 is 0 Å². The highest BCUT2D eigenvalue weighted by Crippen LogP contribution is 1.62. The standard InChI is InChI=1S/C3H4N2.CH5N3.ClH/c1-2-5-3-4-1;2-1(3)4;/h1-3H,(H,4,5);(H5,2,3,4);1H. The van der Waals surface area contributed by atoms with Gasteiger partial charge in [-0.2, -0.15) is 0 Å². The second-order valence-electron chi connectivity index (χ2n) is 1.22. The fourth-order valence-corrected chi connectivity index (χ4v) is 0.215. The SMILES string of the molecule is Cl.N=C(N)N.c1c[nH]cn1. The van der Waals surface area contributed by atoms with Gasteiger partial charge in [0.1, 0.15) is 0 Å². The van der Waals surface area contributed by atoms with E-state index >= 15 is 0 Å². The first-order valence-electron chi connectivity index (χ1n) is 2.25. The molecule has 1 aromatic rings. The molecule has 0 aliphatic carbocycles. The summed E-state index contributed by atoms with van der Waals surface area (Å²) in [4.78, 5) is 6.42. The van der Waals surface area contributed by atoms with Crippen LogP contribution in [0.1, 0.15) is 0 Å². The van der Waals surface area contributed by atoms with E-state index in [1.54, 1.807) is 18.7 Å². The van der Waals surface area contributed by atoms with Crippen molar-refractivity contribution in [1.29, 1.82) is 5.41 Å². The highest BCUT2D eigenvalue weighted by Gasteiger charge is 1.56. The van der Waals surface area contributed by atoms with Gasteiger partial charge in [-0.3, -0.25) is 5.41 Å². The van der Waals surface area contributed by atoms with Crippen molar-refractivity contribution in [3.63, 3.8) is 0 Å². The third-order valence-electron chi connectivity index (χ3n) is 0.406. The molecule has 1 rings (SSSR count). The minimum atomic E-state index is -0.333. The van der Waals surface area contributed by atoms with Crippen molar-refractivity contribution in [2.45, 2.75) is 0 Å². The van der Waals surface area contributed by atoms with Gasteiger partial charge in [0.15, 0.2) is 5.96 Å². The minimum Gasteiger partial charge on any atom is -0.370 e. The average molecular weight is 164 g/mol. The van der Waals surface area contributed by atoms with Crippen LogP contribution in [0.25, 0.3) is 0 Å². The van der Waals surface area contributed by atoms with Gasteiger partial charge < -0.3 is 16.5 Å². The third kappa shape index (κ3) is 15.9. The Kier molecular flexibility index (Phi) is 8.98. The largest absolute Gasteiger partial charge is 0.370 e. The van der Waals surface area contributed by atoms with Gasteiger partial charge in [0.05, 0.1) is 6.33 Å². The number of aromatic nitrogens is 2. The zero-order chi connectivity index (χ0) is 7.11. The molecule has 58 valence electrons. The molecule has 10 heavy (non-hydrogen) atoms. The number of aromatic amines is 1.